The molecular weight excluding hydrogens is 381 g/mol. The van der Waals surface area contributed by atoms with E-state index >= 15 is 0 Å². The first-order chi connectivity index (χ1) is 10.1. The summed E-state index contributed by atoms with van der Waals surface area (Å²) in [5.41, 5.74) is 6.55. The molecule has 2 rings (SSSR count). The lowest BCUT2D eigenvalue weighted by atomic mass is 10.1. The van der Waals surface area contributed by atoms with Gasteiger partial charge in [-0.1, -0.05) is 18.2 Å². The van der Waals surface area contributed by atoms with Crippen LogP contribution in [0.15, 0.2) is 48.7 Å². The highest BCUT2D eigenvalue weighted by molar-refractivity contribution is 14.1. The highest BCUT2D eigenvalue weighted by atomic mass is 127. The number of nitrogens with zero attached hydrogens (tertiary/aromatic N) is 1. The van der Waals surface area contributed by atoms with Gasteiger partial charge in [0.1, 0.15) is 11.7 Å². The average Bonchev–Trinajstić information content (AvgIpc) is 2.49. The highest BCUT2D eigenvalue weighted by Gasteiger charge is 2.19. The van der Waals surface area contributed by atoms with Crippen LogP contribution >= 0.6 is 22.6 Å². The van der Waals surface area contributed by atoms with Gasteiger partial charge in [0.25, 0.3) is 5.91 Å². The molecule has 0 bridgehead atoms. The fourth-order valence-electron chi connectivity index (χ4n) is 1.81. The van der Waals surface area contributed by atoms with Crippen LogP contribution in [0.4, 0.5) is 0 Å². The van der Waals surface area contributed by atoms with Crippen molar-refractivity contribution in [3.05, 3.63) is 63.5 Å². The van der Waals surface area contributed by atoms with Gasteiger partial charge in [-0.2, -0.15) is 0 Å². The average molecular weight is 395 g/mol. The van der Waals surface area contributed by atoms with Gasteiger partial charge in [-0.15, -0.1) is 0 Å². The third kappa shape index (κ3) is 4.52. The van der Waals surface area contributed by atoms with Gasteiger partial charge in [0, 0.05) is 16.2 Å². The Balaban J connectivity index is 2.07. The van der Waals surface area contributed by atoms with E-state index in [0.29, 0.717) is 6.42 Å². The van der Waals surface area contributed by atoms with Crippen LogP contribution in [0.3, 0.4) is 0 Å². The van der Waals surface area contributed by atoms with Crippen LogP contribution in [0.25, 0.3) is 0 Å². The lowest BCUT2D eigenvalue weighted by molar-refractivity contribution is -0.119. The fraction of sp³-hybridized carbons (Fsp3) is 0.133. The molecule has 21 heavy (non-hydrogen) atoms. The lowest BCUT2D eigenvalue weighted by Gasteiger charge is -2.15. The van der Waals surface area contributed by atoms with Gasteiger partial charge < -0.3 is 11.1 Å². The van der Waals surface area contributed by atoms with Crippen molar-refractivity contribution < 1.29 is 9.59 Å². The predicted molar refractivity (Wildman–Crippen MR) is 87.5 cm³/mol. The van der Waals surface area contributed by atoms with Gasteiger partial charge in [0.05, 0.1) is 0 Å². The van der Waals surface area contributed by atoms with E-state index in [9.17, 15) is 9.59 Å². The first kappa shape index (κ1) is 15.4. The Bertz CT molecular complexity index is 629. The summed E-state index contributed by atoms with van der Waals surface area (Å²) in [6.45, 7) is 0. The van der Waals surface area contributed by atoms with Gasteiger partial charge in [0.15, 0.2) is 0 Å². The smallest absolute Gasteiger partial charge is 0.270 e. The fourth-order valence-corrected chi connectivity index (χ4v) is 2.17. The van der Waals surface area contributed by atoms with Crippen LogP contribution in [-0.2, 0) is 11.2 Å². The number of primary amides is 1. The predicted octanol–water partition coefficient (Wildman–Crippen LogP) is 1.51. The zero-order chi connectivity index (χ0) is 15.2. The molecule has 6 heteroatoms. The second-order valence-corrected chi connectivity index (χ2v) is 5.72. The number of pyridine rings is 1. The van der Waals surface area contributed by atoms with Gasteiger partial charge >= 0.3 is 0 Å². The second-order valence-electron chi connectivity index (χ2n) is 4.47. The molecule has 0 aliphatic carbocycles. The number of halogens is 1. The van der Waals surface area contributed by atoms with Gasteiger partial charge in [-0.05, 0) is 52.4 Å². The normalized spacial score (nSPS) is 11.7. The molecule has 1 heterocycles. The lowest BCUT2D eigenvalue weighted by Crippen LogP contribution is -2.46. The third-order valence-electron chi connectivity index (χ3n) is 2.90. The van der Waals surface area contributed by atoms with Gasteiger partial charge in [-0.3, -0.25) is 14.6 Å². The number of benzene rings is 1. The van der Waals surface area contributed by atoms with E-state index in [-0.39, 0.29) is 5.69 Å². The quantitative estimate of drug-likeness (QED) is 0.753. The zero-order valence-corrected chi connectivity index (χ0v) is 13.3. The number of nitrogens with one attached hydrogen (secondary N) is 1. The topological polar surface area (TPSA) is 85.1 Å². The summed E-state index contributed by atoms with van der Waals surface area (Å²) < 4.78 is 1.10. The minimum Gasteiger partial charge on any atom is -0.368 e. The number of carbonyl (C=O) groups is 2. The van der Waals surface area contributed by atoms with Gasteiger partial charge in [0.2, 0.25) is 5.91 Å². The first-order valence-corrected chi connectivity index (χ1v) is 7.40. The van der Waals surface area contributed by atoms with Crippen LogP contribution in [0.5, 0.6) is 0 Å². The van der Waals surface area contributed by atoms with Crippen LogP contribution in [0.1, 0.15) is 16.1 Å². The van der Waals surface area contributed by atoms with Crippen LogP contribution < -0.4 is 11.1 Å². The summed E-state index contributed by atoms with van der Waals surface area (Å²) in [6.07, 6.45) is 1.87. The van der Waals surface area contributed by atoms with E-state index in [1.807, 2.05) is 24.3 Å². The molecule has 1 aromatic carbocycles. The summed E-state index contributed by atoms with van der Waals surface area (Å²) in [4.78, 5) is 27.5. The van der Waals surface area contributed by atoms with Crippen molar-refractivity contribution in [2.24, 2.45) is 5.73 Å². The molecule has 1 aromatic heterocycles. The molecule has 0 saturated carbocycles. The summed E-state index contributed by atoms with van der Waals surface area (Å²) in [5.74, 6) is -0.984. The number of carbonyl (C=O) groups excluding carboxylic acids is 2. The molecular formula is C15H14IN3O2. The molecule has 0 spiro atoms. The monoisotopic (exact) mass is 395 g/mol. The standard InChI is InChI=1S/C15H14IN3O2/c16-11-6-4-10(5-7-11)9-13(14(17)20)19-15(21)12-3-1-2-8-18-12/h1-8,13H,9H2,(H2,17,20)(H,19,21)/t13-/m0/s1. The Morgan fingerprint density at radius 2 is 1.90 bits per heavy atom. The summed E-state index contributed by atoms with van der Waals surface area (Å²) in [6, 6.07) is 11.9. The number of hydrogen-bond acceptors (Lipinski definition) is 3. The summed E-state index contributed by atoms with van der Waals surface area (Å²) in [7, 11) is 0. The largest absolute Gasteiger partial charge is 0.368 e. The Morgan fingerprint density at radius 3 is 2.48 bits per heavy atom. The van der Waals surface area contributed by atoms with Crippen molar-refractivity contribution in [3.8, 4) is 0 Å². The van der Waals surface area contributed by atoms with Crippen LogP contribution in [0.2, 0.25) is 0 Å². The number of nitrogens with two attached hydrogens (primary N) is 1. The van der Waals surface area contributed by atoms with Crippen molar-refractivity contribution in [3.63, 3.8) is 0 Å². The summed E-state index contributed by atoms with van der Waals surface area (Å²) >= 11 is 2.20. The molecule has 2 amide bonds. The van der Waals surface area contributed by atoms with Gasteiger partial charge in [-0.25, -0.2) is 0 Å². The molecule has 1 atom stereocenters. The van der Waals surface area contributed by atoms with Crippen molar-refractivity contribution in [2.75, 3.05) is 0 Å². The molecule has 0 radical (unpaired) electrons. The van der Waals surface area contributed by atoms with E-state index in [1.165, 1.54) is 6.20 Å². The molecule has 0 fully saturated rings. The van der Waals surface area contributed by atoms with Crippen molar-refractivity contribution in [1.29, 1.82) is 0 Å². The van der Waals surface area contributed by atoms with Crippen molar-refractivity contribution in [1.82, 2.24) is 10.3 Å². The Labute approximate surface area is 136 Å². The number of aromatic nitrogens is 1. The molecule has 108 valence electrons. The maximum absolute atomic E-state index is 12.0. The van der Waals surface area contributed by atoms with Crippen LogP contribution in [0, 0.1) is 3.57 Å². The van der Waals surface area contributed by atoms with E-state index in [4.69, 9.17) is 5.73 Å². The number of hydrogen-bond donors (Lipinski definition) is 2. The number of amides is 2. The Morgan fingerprint density at radius 1 is 1.19 bits per heavy atom. The maximum Gasteiger partial charge on any atom is 0.270 e. The molecule has 0 aliphatic rings. The molecule has 3 N–H and O–H groups in total. The Kier molecular flexibility index (Phi) is 5.26. The SMILES string of the molecule is NC(=O)[C@H](Cc1ccc(I)cc1)NC(=O)c1ccccn1. The van der Waals surface area contributed by atoms with E-state index < -0.39 is 17.9 Å². The number of rotatable bonds is 5. The summed E-state index contributed by atoms with van der Waals surface area (Å²) in [5, 5.41) is 2.62. The molecule has 0 aliphatic heterocycles. The molecule has 5 nitrogen and oxygen atoms in total. The minimum atomic E-state index is -0.764. The minimum absolute atomic E-state index is 0.256. The van der Waals surface area contributed by atoms with E-state index in [2.05, 4.69) is 32.9 Å². The Hall–Kier alpha value is -1.96. The van der Waals surface area contributed by atoms with Crippen molar-refractivity contribution in [2.45, 2.75) is 12.5 Å². The van der Waals surface area contributed by atoms with E-state index in [1.54, 1.807) is 18.2 Å². The third-order valence-corrected chi connectivity index (χ3v) is 3.62. The zero-order valence-electron chi connectivity index (χ0n) is 11.1. The molecule has 0 unspecified atom stereocenters. The highest BCUT2D eigenvalue weighted by Crippen LogP contribution is 2.09. The maximum atomic E-state index is 12.0. The second kappa shape index (κ2) is 7.16. The van der Waals surface area contributed by atoms with Crippen molar-refractivity contribution >= 4 is 34.4 Å². The first-order valence-electron chi connectivity index (χ1n) is 6.32. The molecule has 2 aromatic rings. The van der Waals surface area contributed by atoms with E-state index in [0.717, 1.165) is 9.13 Å². The van der Waals surface area contributed by atoms with Crippen LogP contribution in [-0.4, -0.2) is 22.8 Å². The molecule has 0 saturated heterocycles.